The van der Waals surface area contributed by atoms with Crippen molar-refractivity contribution < 1.29 is 14.3 Å². The van der Waals surface area contributed by atoms with Gasteiger partial charge < -0.3 is 9.64 Å². The summed E-state index contributed by atoms with van der Waals surface area (Å²) in [6, 6.07) is 5.43. The molecular formula is C15H17NO3. The predicted molar refractivity (Wildman–Crippen MR) is 71.1 cm³/mol. The third kappa shape index (κ3) is 2.01. The van der Waals surface area contributed by atoms with E-state index in [1.165, 1.54) is 7.11 Å². The minimum atomic E-state index is -0.330. The van der Waals surface area contributed by atoms with E-state index in [0.29, 0.717) is 11.5 Å². The van der Waals surface area contributed by atoms with Gasteiger partial charge in [0.1, 0.15) is 0 Å². The number of esters is 1. The van der Waals surface area contributed by atoms with Crippen molar-refractivity contribution in [3.63, 3.8) is 0 Å². The standard InChI is InChI=1S/C15H17NO3/c1-9-7-12(9)14(17)16-6-5-10-8-11(15(18)19-2)3-4-13(10)16/h3-4,8-9,12H,5-7H2,1-2H3. The predicted octanol–water partition coefficient (Wildman–Crippen LogP) is 2.02. The van der Waals surface area contributed by atoms with Crippen LogP contribution in [0.25, 0.3) is 0 Å². The number of carbonyl (C=O) groups is 2. The van der Waals surface area contributed by atoms with Crippen molar-refractivity contribution in [1.82, 2.24) is 0 Å². The summed E-state index contributed by atoms with van der Waals surface area (Å²) in [6.07, 6.45) is 1.82. The highest BCUT2D eigenvalue weighted by Gasteiger charge is 2.43. The summed E-state index contributed by atoms with van der Waals surface area (Å²) in [5, 5.41) is 0. The molecule has 0 aromatic heterocycles. The lowest BCUT2D eigenvalue weighted by atomic mass is 10.1. The van der Waals surface area contributed by atoms with E-state index in [9.17, 15) is 9.59 Å². The Hall–Kier alpha value is -1.84. The van der Waals surface area contributed by atoms with E-state index in [4.69, 9.17) is 4.74 Å². The quantitative estimate of drug-likeness (QED) is 0.763. The number of rotatable bonds is 2. The van der Waals surface area contributed by atoms with Gasteiger partial charge in [0.05, 0.1) is 12.7 Å². The lowest BCUT2D eigenvalue weighted by molar-refractivity contribution is -0.119. The van der Waals surface area contributed by atoms with Crippen LogP contribution in [0.3, 0.4) is 0 Å². The van der Waals surface area contributed by atoms with E-state index in [0.717, 1.165) is 30.6 Å². The molecule has 100 valence electrons. The zero-order chi connectivity index (χ0) is 13.6. The van der Waals surface area contributed by atoms with Gasteiger partial charge in [0.15, 0.2) is 0 Å². The van der Waals surface area contributed by atoms with Crippen molar-refractivity contribution >= 4 is 17.6 Å². The summed E-state index contributed by atoms with van der Waals surface area (Å²) in [7, 11) is 1.37. The molecule has 1 aromatic carbocycles. The fourth-order valence-corrected chi connectivity index (χ4v) is 2.74. The number of amides is 1. The van der Waals surface area contributed by atoms with E-state index in [-0.39, 0.29) is 17.8 Å². The SMILES string of the molecule is COC(=O)c1ccc2c(c1)CCN2C(=O)C1CC1C. The second-order valence-corrected chi connectivity index (χ2v) is 5.39. The highest BCUT2D eigenvalue weighted by Crippen LogP contribution is 2.41. The molecule has 0 spiro atoms. The minimum Gasteiger partial charge on any atom is -0.465 e. The molecular weight excluding hydrogens is 242 g/mol. The number of fused-ring (bicyclic) bond motifs is 1. The molecule has 2 unspecified atom stereocenters. The topological polar surface area (TPSA) is 46.6 Å². The highest BCUT2D eigenvalue weighted by atomic mass is 16.5. The molecule has 2 aliphatic rings. The fraction of sp³-hybridized carbons (Fsp3) is 0.467. The van der Waals surface area contributed by atoms with Crippen LogP contribution in [0, 0.1) is 11.8 Å². The van der Waals surface area contributed by atoms with E-state index in [1.54, 1.807) is 6.07 Å². The van der Waals surface area contributed by atoms with Crippen molar-refractivity contribution in [3.05, 3.63) is 29.3 Å². The average Bonchev–Trinajstić information content (AvgIpc) is 3.01. The molecule has 19 heavy (non-hydrogen) atoms. The Labute approximate surface area is 112 Å². The largest absolute Gasteiger partial charge is 0.465 e. The summed E-state index contributed by atoms with van der Waals surface area (Å²) in [5.41, 5.74) is 2.57. The molecule has 2 atom stereocenters. The van der Waals surface area contributed by atoms with E-state index >= 15 is 0 Å². The van der Waals surface area contributed by atoms with Crippen LogP contribution in [-0.4, -0.2) is 25.5 Å². The summed E-state index contributed by atoms with van der Waals surface area (Å²) >= 11 is 0. The summed E-state index contributed by atoms with van der Waals surface area (Å²) in [5.74, 6) is 0.623. The van der Waals surface area contributed by atoms with Gasteiger partial charge in [-0.25, -0.2) is 4.79 Å². The number of methoxy groups -OCH3 is 1. The lowest BCUT2D eigenvalue weighted by Gasteiger charge is -2.17. The van der Waals surface area contributed by atoms with Gasteiger partial charge in [-0.2, -0.15) is 0 Å². The Balaban J connectivity index is 1.85. The monoisotopic (exact) mass is 259 g/mol. The van der Waals surface area contributed by atoms with Gasteiger partial charge in [0.2, 0.25) is 5.91 Å². The van der Waals surface area contributed by atoms with Gasteiger partial charge in [-0.05, 0) is 42.5 Å². The van der Waals surface area contributed by atoms with Gasteiger partial charge >= 0.3 is 5.97 Å². The zero-order valence-corrected chi connectivity index (χ0v) is 11.2. The number of ether oxygens (including phenoxy) is 1. The third-order valence-corrected chi connectivity index (χ3v) is 4.09. The number of carbonyl (C=O) groups excluding carboxylic acids is 2. The van der Waals surface area contributed by atoms with Gasteiger partial charge in [-0.1, -0.05) is 6.92 Å². The molecule has 1 aromatic rings. The number of anilines is 1. The van der Waals surface area contributed by atoms with Crippen LogP contribution in [-0.2, 0) is 16.0 Å². The maximum Gasteiger partial charge on any atom is 0.337 e. The van der Waals surface area contributed by atoms with Crippen molar-refractivity contribution in [1.29, 1.82) is 0 Å². The zero-order valence-electron chi connectivity index (χ0n) is 11.2. The Bertz CT molecular complexity index is 552. The van der Waals surface area contributed by atoms with E-state index in [2.05, 4.69) is 6.92 Å². The summed E-state index contributed by atoms with van der Waals surface area (Å²) in [4.78, 5) is 25.6. The molecule has 0 saturated heterocycles. The fourth-order valence-electron chi connectivity index (χ4n) is 2.74. The first-order chi connectivity index (χ1) is 9.11. The normalized spacial score (nSPS) is 24.0. The molecule has 1 amide bonds. The Kier molecular flexibility index (Phi) is 2.81. The molecule has 0 N–H and O–H groups in total. The first-order valence-corrected chi connectivity index (χ1v) is 6.64. The van der Waals surface area contributed by atoms with Crippen LogP contribution in [0.5, 0.6) is 0 Å². The second-order valence-electron chi connectivity index (χ2n) is 5.39. The summed E-state index contributed by atoms with van der Waals surface area (Å²) in [6.45, 7) is 2.84. The molecule has 0 radical (unpaired) electrons. The van der Waals surface area contributed by atoms with Crippen LogP contribution in [0.2, 0.25) is 0 Å². The highest BCUT2D eigenvalue weighted by molar-refractivity contribution is 5.99. The summed E-state index contributed by atoms with van der Waals surface area (Å²) < 4.78 is 4.71. The van der Waals surface area contributed by atoms with E-state index in [1.807, 2.05) is 17.0 Å². The molecule has 4 heteroatoms. The van der Waals surface area contributed by atoms with Crippen molar-refractivity contribution in [2.45, 2.75) is 19.8 Å². The molecule has 1 saturated carbocycles. The number of hydrogen-bond acceptors (Lipinski definition) is 3. The maximum atomic E-state index is 12.3. The number of nitrogens with zero attached hydrogens (tertiary/aromatic N) is 1. The molecule has 4 nitrogen and oxygen atoms in total. The van der Waals surface area contributed by atoms with Gasteiger partial charge in [0, 0.05) is 18.2 Å². The maximum absolute atomic E-state index is 12.3. The molecule has 1 aliphatic carbocycles. The Morgan fingerprint density at radius 2 is 2.11 bits per heavy atom. The molecule has 1 fully saturated rings. The van der Waals surface area contributed by atoms with E-state index < -0.39 is 0 Å². The molecule has 3 rings (SSSR count). The van der Waals surface area contributed by atoms with Crippen molar-refractivity contribution in [2.75, 3.05) is 18.6 Å². The van der Waals surface area contributed by atoms with Crippen molar-refractivity contribution in [3.8, 4) is 0 Å². The molecule has 1 aliphatic heterocycles. The lowest BCUT2D eigenvalue weighted by Crippen LogP contribution is -2.30. The first-order valence-electron chi connectivity index (χ1n) is 6.64. The van der Waals surface area contributed by atoms with Crippen LogP contribution < -0.4 is 4.90 Å². The smallest absolute Gasteiger partial charge is 0.337 e. The molecule has 1 heterocycles. The Morgan fingerprint density at radius 3 is 2.74 bits per heavy atom. The van der Waals surface area contributed by atoms with Crippen LogP contribution in [0.4, 0.5) is 5.69 Å². The van der Waals surface area contributed by atoms with Crippen LogP contribution >= 0.6 is 0 Å². The first kappa shape index (κ1) is 12.2. The Morgan fingerprint density at radius 1 is 1.37 bits per heavy atom. The van der Waals surface area contributed by atoms with Crippen molar-refractivity contribution in [2.24, 2.45) is 11.8 Å². The van der Waals surface area contributed by atoms with Gasteiger partial charge in [0.25, 0.3) is 0 Å². The number of benzene rings is 1. The van der Waals surface area contributed by atoms with Crippen LogP contribution in [0.15, 0.2) is 18.2 Å². The second kappa shape index (κ2) is 4.37. The van der Waals surface area contributed by atoms with Gasteiger partial charge in [-0.3, -0.25) is 4.79 Å². The van der Waals surface area contributed by atoms with Crippen LogP contribution in [0.1, 0.15) is 29.3 Å². The number of hydrogen-bond donors (Lipinski definition) is 0. The third-order valence-electron chi connectivity index (χ3n) is 4.09. The van der Waals surface area contributed by atoms with Gasteiger partial charge in [-0.15, -0.1) is 0 Å². The average molecular weight is 259 g/mol. The minimum absolute atomic E-state index is 0.200. The molecule has 0 bridgehead atoms.